The lowest BCUT2D eigenvalue weighted by Crippen LogP contribution is -1.95. The fourth-order valence-corrected chi connectivity index (χ4v) is 3.02. The van der Waals surface area contributed by atoms with Gasteiger partial charge in [-0.3, -0.25) is 0 Å². The van der Waals surface area contributed by atoms with Crippen molar-refractivity contribution in [2.75, 3.05) is 7.11 Å². The average molecular weight is 370 g/mol. The fraction of sp³-hybridized carbons (Fsp3) is 0.0417. The van der Waals surface area contributed by atoms with E-state index in [1.165, 1.54) is 0 Å². The largest absolute Gasteiger partial charge is 0.497 e. The van der Waals surface area contributed by atoms with Crippen molar-refractivity contribution in [3.8, 4) is 17.1 Å². The molecule has 0 unspecified atom stereocenters. The number of carboxylic acid groups (broad SMARTS) is 1. The molecule has 4 aromatic rings. The van der Waals surface area contributed by atoms with Crippen LogP contribution in [0, 0.1) is 0 Å². The molecule has 4 nitrogen and oxygen atoms in total. The summed E-state index contributed by atoms with van der Waals surface area (Å²) >= 11 is 0. The van der Waals surface area contributed by atoms with E-state index in [0.717, 1.165) is 39.2 Å². The third-order valence-corrected chi connectivity index (χ3v) is 4.52. The Bertz CT molecular complexity index is 1170. The maximum atomic E-state index is 11.1. The van der Waals surface area contributed by atoms with E-state index in [4.69, 9.17) is 14.3 Å². The van der Waals surface area contributed by atoms with Crippen LogP contribution < -0.4 is 4.74 Å². The Morgan fingerprint density at radius 2 is 1.71 bits per heavy atom. The van der Waals surface area contributed by atoms with Crippen molar-refractivity contribution in [2.24, 2.45) is 0 Å². The van der Waals surface area contributed by atoms with Gasteiger partial charge in [-0.1, -0.05) is 48.6 Å². The van der Waals surface area contributed by atoms with Crippen molar-refractivity contribution in [1.82, 2.24) is 0 Å². The van der Waals surface area contributed by atoms with Gasteiger partial charge >= 0.3 is 5.97 Å². The van der Waals surface area contributed by atoms with E-state index in [1.54, 1.807) is 25.3 Å². The number of methoxy groups -OCH3 is 1. The SMILES string of the molecule is COc1ccc2oc(-c3ccc(C=Cc4cccc(C(=O)O)c4)cc3)cc2c1. The van der Waals surface area contributed by atoms with Crippen molar-refractivity contribution in [2.45, 2.75) is 0 Å². The lowest BCUT2D eigenvalue weighted by molar-refractivity contribution is 0.0697. The summed E-state index contributed by atoms with van der Waals surface area (Å²) in [5, 5.41) is 10.1. The number of carboxylic acids is 1. The van der Waals surface area contributed by atoms with Gasteiger partial charge in [-0.2, -0.15) is 0 Å². The first-order chi connectivity index (χ1) is 13.6. The van der Waals surface area contributed by atoms with E-state index in [1.807, 2.05) is 66.7 Å². The van der Waals surface area contributed by atoms with E-state index in [2.05, 4.69) is 0 Å². The lowest BCUT2D eigenvalue weighted by Gasteiger charge is -1.99. The molecule has 0 bridgehead atoms. The van der Waals surface area contributed by atoms with E-state index in [0.29, 0.717) is 0 Å². The third kappa shape index (κ3) is 3.67. The molecular weight excluding hydrogens is 352 g/mol. The minimum atomic E-state index is -0.928. The summed E-state index contributed by atoms with van der Waals surface area (Å²) in [6, 6.07) is 22.6. The highest BCUT2D eigenvalue weighted by Gasteiger charge is 2.07. The van der Waals surface area contributed by atoms with Gasteiger partial charge in [0, 0.05) is 10.9 Å². The molecule has 0 atom stereocenters. The minimum absolute atomic E-state index is 0.277. The van der Waals surface area contributed by atoms with Crippen LogP contribution in [0.2, 0.25) is 0 Å². The zero-order chi connectivity index (χ0) is 19.5. The van der Waals surface area contributed by atoms with Crippen LogP contribution in [0.1, 0.15) is 21.5 Å². The van der Waals surface area contributed by atoms with Gasteiger partial charge in [-0.05, 0) is 47.5 Å². The van der Waals surface area contributed by atoms with E-state index in [-0.39, 0.29) is 5.56 Å². The number of rotatable bonds is 5. The molecule has 0 aliphatic heterocycles. The van der Waals surface area contributed by atoms with Crippen molar-refractivity contribution >= 4 is 29.1 Å². The molecule has 3 aromatic carbocycles. The van der Waals surface area contributed by atoms with E-state index >= 15 is 0 Å². The number of fused-ring (bicyclic) bond motifs is 1. The molecule has 0 spiro atoms. The first kappa shape index (κ1) is 17.6. The topological polar surface area (TPSA) is 59.7 Å². The fourth-order valence-electron chi connectivity index (χ4n) is 3.02. The van der Waals surface area contributed by atoms with Gasteiger partial charge in [0.2, 0.25) is 0 Å². The highest BCUT2D eigenvalue weighted by molar-refractivity contribution is 5.89. The Labute approximate surface area is 162 Å². The van der Waals surface area contributed by atoms with Crippen LogP contribution in [-0.4, -0.2) is 18.2 Å². The zero-order valence-electron chi connectivity index (χ0n) is 15.3. The molecule has 0 aliphatic rings. The average Bonchev–Trinajstić information content (AvgIpc) is 3.16. The Morgan fingerprint density at radius 1 is 0.929 bits per heavy atom. The number of ether oxygens (including phenoxy) is 1. The second-order valence-corrected chi connectivity index (χ2v) is 6.40. The van der Waals surface area contributed by atoms with Crippen molar-refractivity contribution < 1.29 is 19.1 Å². The van der Waals surface area contributed by atoms with Gasteiger partial charge in [0.05, 0.1) is 12.7 Å². The van der Waals surface area contributed by atoms with Gasteiger partial charge in [0.25, 0.3) is 0 Å². The molecule has 138 valence electrons. The third-order valence-electron chi connectivity index (χ3n) is 4.52. The van der Waals surface area contributed by atoms with Crippen molar-refractivity contribution in [3.63, 3.8) is 0 Å². The highest BCUT2D eigenvalue weighted by Crippen LogP contribution is 2.30. The molecule has 4 heteroatoms. The minimum Gasteiger partial charge on any atom is -0.497 e. The van der Waals surface area contributed by atoms with E-state index < -0.39 is 5.97 Å². The maximum absolute atomic E-state index is 11.1. The van der Waals surface area contributed by atoms with Crippen molar-refractivity contribution in [3.05, 3.63) is 89.5 Å². The first-order valence-electron chi connectivity index (χ1n) is 8.82. The Kier molecular flexibility index (Phi) is 4.68. The zero-order valence-corrected chi connectivity index (χ0v) is 15.3. The second kappa shape index (κ2) is 7.45. The molecule has 0 fully saturated rings. The Morgan fingerprint density at radius 3 is 2.46 bits per heavy atom. The number of furan rings is 1. The summed E-state index contributed by atoms with van der Waals surface area (Å²) in [4.78, 5) is 11.1. The van der Waals surface area contributed by atoms with Crippen LogP contribution in [0.15, 0.2) is 77.2 Å². The number of aromatic carboxylic acids is 1. The molecule has 0 saturated carbocycles. The van der Waals surface area contributed by atoms with Gasteiger partial charge in [0.1, 0.15) is 17.1 Å². The summed E-state index contributed by atoms with van der Waals surface area (Å²) in [5.41, 5.74) is 3.94. The first-order valence-corrected chi connectivity index (χ1v) is 8.82. The monoisotopic (exact) mass is 370 g/mol. The van der Waals surface area contributed by atoms with Crippen LogP contribution in [0.25, 0.3) is 34.4 Å². The van der Waals surface area contributed by atoms with Crippen LogP contribution in [0.4, 0.5) is 0 Å². The number of hydrogen-bond acceptors (Lipinski definition) is 3. The smallest absolute Gasteiger partial charge is 0.335 e. The quantitative estimate of drug-likeness (QED) is 0.439. The van der Waals surface area contributed by atoms with Gasteiger partial charge in [-0.15, -0.1) is 0 Å². The van der Waals surface area contributed by atoms with Gasteiger partial charge < -0.3 is 14.3 Å². The van der Waals surface area contributed by atoms with Crippen LogP contribution in [-0.2, 0) is 0 Å². The number of benzene rings is 3. The predicted octanol–water partition coefficient (Wildman–Crippen LogP) is 5.98. The molecule has 1 N–H and O–H groups in total. The molecule has 0 saturated heterocycles. The summed E-state index contributed by atoms with van der Waals surface area (Å²) in [6.07, 6.45) is 3.85. The molecule has 0 amide bonds. The standard InChI is InChI=1S/C24H18O4/c1-27-21-11-12-22-20(14-21)15-23(28-22)18-9-7-16(8-10-18)5-6-17-3-2-4-19(13-17)24(25)26/h2-15H,1H3,(H,25,26). The summed E-state index contributed by atoms with van der Waals surface area (Å²) in [7, 11) is 1.65. The molecule has 0 radical (unpaired) electrons. The number of hydrogen-bond donors (Lipinski definition) is 1. The lowest BCUT2D eigenvalue weighted by atomic mass is 10.1. The number of carbonyl (C=O) groups is 1. The van der Waals surface area contributed by atoms with E-state index in [9.17, 15) is 4.79 Å². The molecule has 4 rings (SSSR count). The summed E-state index contributed by atoms with van der Waals surface area (Å²) in [5.74, 6) is 0.670. The van der Waals surface area contributed by atoms with Crippen LogP contribution in [0.5, 0.6) is 5.75 Å². The van der Waals surface area contributed by atoms with Crippen LogP contribution in [0.3, 0.4) is 0 Å². The van der Waals surface area contributed by atoms with Crippen LogP contribution >= 0.6 is 0 Å². The maximum Gasteiger partial charge on any atom is 0.335 e. The molecule has 0 aliphatic carbocycles. The summed E-state index contributed by atoms with van der Waals surface area (Å²) < 4.78 is 11.2. The predicted molar refractivity (Wildman–Crippen MR) is 111 cm³/mol. The second-order valence-electron chi connectivity index (χ2n) is 6.40. The van der Waals surface area contributed by atoms with Gasteiger partial charge in [0.15, 0.2) is 0 Å². The Hall–Kier alpha value is -3.79. The molecular formula is C24H18O4. The molecule has 1 aromatic heterocycles. The summed E-state index contributed by atoms with van der Waals surface area (Å²) in [6.45, 7) is 0. The highest BCUT2D eigenvalue weighted by atomic mass is 16.5. The van der Waals surface area contributed by atoms with Crippen molar-refractivity contribution in [1.29, 1.82) is 0 Å². The normalized spacial score (nSPS) is 11.2. The molecule has 1 heterocycles. The molecule has 28 heavy (non-hydrogen) atoms. The Balaban J connectivity index is 1.55. The van der Waals surface area contributed by atoms with Gasteiger partial charge in [-0.25, -0.2) is 4.79 Å².